The summed E-state index contributed by atoms with van der Waals surface area (Å²) in [6, 6.07) is 4.91. The zero-order valence-corrected chi connectivity index (χ0v) is 9.72. The molecule has 3 N–H and O–H groups in total. The lowest BCUT2D eigenvalue weighted by molar-refractivity contribution is 0.145. The van der Waals surface area contributed by atoms with Gasteiger partial charge in [0.2, 0.25) is 0 Å². The summed E-state index contributed by atoms with van der Waals surface area (Å²) in [7, 11) is 0. The van der Waals surface area contributed by atoms with E-state index in [1.54, 1.807) is 6.07 Å². The smallest absolute Gasteiger partial charge is 0.148 e. The van der Waals surface area contributed by atoms with Crippen LogP contribution < -0.4 is 11.1 Å². The van der Waals surface area contributed by atoms with Crippen molar-refractivity contribution >= 4 is 11.4 Å². The molecule has 0 bridgehead atoms. The first-order valence-electron chi connectivity index (χ1n) is 5.95. The van der Waals surface area contributed by atoms with E-state index in [0.29, 0.717) is 5.41 Å². The third kappa shape index (κ3) is 1.99. The number of nitrogen functional groups attached to an aromatic ring is 1. The normalized spacial score (nSPS) is 17.9. The first-order valence-corrected chi connectivity index (χ1v) is 5.95. The van der Waals surface area contributed by atoms with Gasteiger partial charge in [-0.05, 0) is 36.8 Å². The summed E-state index contributed by atoms with van der Waals surface area (Å²) in [5, 5.41) is 3.28. The summed E-state index contributed by atoms with van der Waals surface area (Å²) in [6.45, 7) is 3.12. The number of nitrogens with two attached hydrogens (primary N) is 1. The van der Waals surface area contributed by atoms with E-state index in [-0.39, 0.29) is 11.5 Å². The van der Waals surface area contributed by atoms with Crippen molar-refractivity contribution in [3.63, 3.8) is 0 Å². The maximum atomic E-state index is 13.2. The van der Waals surface area contributed by atoms with Crippen LogP contribution >= 0.6 is 0 Å². The predicted molar refractivity (Wildman–Crippen MR) is 65.9 cm³/mol. The Hall–Kier alpha value is -1.25. The lowest BCUT2D eigenvalue weighted by Gasteiger charge is -2.41. The van der Waals surface area contributed by atoms with E-state index < -0.39 is 0 Å². The molecular formula is C13H19FN2. The number of rotatable bonds is 4. The van der Waals surface area contributed by atoms with Crippen molar-refractivity contribution in [1.29, 1.82) is 0 Å². The van der Waals surface area contributed by atoms with E-state index in [2.05, 4.69) is 12.2 Å². The first-order chi connectivity index (χ1) is 7.67. The van der Waals surface area contributed by atoms with E-state index in [0.717, 1.165) is 12.2 Å². The maximum Gasteiger partial charge on any atom is 0.148 e. The molecule has 0 heterocycles. The van der Waals surface area contributed by atoms with Crippen LogP contribution in [0.1, 0.15) is 32.6 Å². The Morgan fingerprint density at radius 1 is 1.44 bits per heavy atom. The molecule has 2 rings (SSSR count). The Kier molecular flexibility index (Phi) is 3.03. The van der Waals surface area contributed by atoms with Crippen molar-refractivity contribution in [3.8, 4) is 0 Å². The monoisotopic (exact) mass is 222 g/mol. The molecule has 0 amide bonds. The van der Waals surface area contributed by atoms with Crippen LogP contribution in [0.25, 0.3) is 0 Å². The van der Waals surface area contributed by atoms with Gasteiger partial charge in [-0.25, -0.2) is 4.39 Å². The Morgan fingerprint density at radius 2 is 2.19 bits per heavy atom. The first kappa shape index (κ1) is 11.2. The minimum absolute atomic E-state index is 0.230. The third-order valence-electron chi connectivity index (χ3n) is 3.87. The van der Waals surface area contributed by atoms with Gasteiger partial charge in [0.1, 0.15) is 5.82 Å². The zero-order valence-electron chi connectivity index (χ0n) is 9.72. The number of halogens is 1. The Morgan fingerprint density at radius 3 is 2.75 bits per heavy atom. The van der Waals surface area contributed by atoms with Gasteiger partial charge in [0.25, 0.3) is 0 Å². The quantitative estimate of drug-likeness (QED) is 0.766. The van der Waals surface area contributed by atoms with Crippen LogP contribution in [0.4, 0.5) is 15.8 Å². The molecule has 2 nitrogen and oxygen atoms in total. The number of hydrogen-bond donors (Lipinski definition) is 2. The fourth-order valence-corrected chi connectivity index (χ4v) is 2.31. The van der Waals surface area contributed by atoms with E-state index in [9.17, 15) is 4.39 Å². The van der Waals surface area contributed by atoms with Crippen LogP contribution in [-0.2, 0) is 0 Å². The van der Waals surface area contributed by atoms with Crippen LogP contribution in [0.15, 0.2) is 18.2 Å². The number of benzene rings is 1. The largest absolute Gasteiger partial charge is 0.395 e. The average molecular weight is 222 g/mol. The second-order valence-electron chi connectivity index (χ2n) is 4.76. The number of nitrogens with one attached hydrogen (secondary N) is 1. The molecule has 0 saturated heterocycles. The highest BCUT2D eigenvalue weighted by Gasteiger charge is 2.34. The Balaban J connectivity index is 2.02. The minimum atomic E-state index is -0.343. The molecule has 0 unspecified atom stereocenters. The van der Waals surface area contributed by atoms with Gasteiger partial charge in [0.05, 0.1) is 11.4 Å². The van der Waals surface area contributed by atoms with E-state index in [4.69, 9.17) is 5.73 Å². The van der Waals surface area contributed by atoms with Gasteiger partial charge in [-0.15, -0.1) is 0 Å². The molecule has 0 spiro atoms. The minimum Gasteiger partial charge on any atom is -0.395 e. The van der Waals surface area contributed by atoms with Crippen LogP contribution in [0.3, 0.4) is 0 Å². The van der Waals surface area contributed by atoms with Crippen molar-refractivity contribution in [2.75, 3.05) is 17.6 Å². The molecule has 1 aliphatic rings. The van der Waals surface area contributed by atoms with Crippen LogP contribution in [0.2, 0.25) is 0 Å². The summed E-state index contributed by atoms with van der Waals surface area (Å²) in [6.07, 6.45) is 5.03. The molecule has 16 heavy (non-hydrogen) atoms. The van der Waals surface area contributed by atoms with Gasteiger partial charge in [-0.3, -0.25) is 0 Å². The van der Waals surface area contributed by atoms with Crippen LogP contribution in [-0.4, -0.2) is 6.54 Å². The average Bonchev–Trinajstić information content (AvgIpc) is 2.23. The molecule has 88 valence electrons. The van der Waals surface area contributed by atoms with Crippen molar-refractivity contribution < 1.29 is 4.39 Å². The second-order valence-corrected chi connectivity index (χ2v) is 4.76. The molecule has 0 radical (unpaired) electrons. The molecule has 1 aliphatic carbocycles. The molecular weight excluding hydrogens is 203 g/mol. The fourth-order valence-electron chi connectivity index (χ4n) is 2.31. The van der Waals surface area contributed by atoms with Gasteiger partial charge >= 0.3 is 0 Å². The summed E-state index contributed by atoms with van der Waals surface area (Å²) >= 11 is 0. The van der Waals surface area contributed by atoms with Gasteiger partial charge < -0.3 is 11.1 Å². The summed E-state index contributed by atoms with van der Waals surface area (Å²) in [4.78, 5) is 0. The second kappa shape index (κ2) is 4.32. The van der Waals surface area contributed by atoms with E-state index >= 15 is 0 Å². The molecule has 0 aromatic heterocycles. The maximum absolute atomic E-state index is 13.2. The van der Waals surface area contributed by atoms with Gasteiger partial charge in [0, 0.05) is 6.54 Å². The predicted octanol–water partition coefficient (Wildman–Crippen LogP) is 3.40. The zero-order chi connectivity index (χ0) is 11.6. The summed E-state index contributed by atoms with van der Waals surface area (Å²) in [5.74, 6) is -0.343. The van der Waals surface area contributed by atoms with Crippen LogP contribution in [0, 0.1) is 11.2 Å². The van der Waals surface area contributed by atoms with Crippen molar-refractivity contribution in [2.45, 2.75) is 32.6 Å². The van der Waals surface area contributed by atoms with Gasteiger partial charge in [0.15, 0.2) is 0 Å². The standard InChI is InChI=1S/C13H19FN2/c1-2-13(7-4-8-13)9-16-11-6-3-5-10(14)12(11)15/h3,5-6,16H,2,4,7-9,15H2,1H3. The van der Waals surface area contributed by atoms with Crippen molar-refractivity contribution in [1.82, 2.24) is 0 Å². The molecule has 1 aromatic carbocycles. The van der Waals surface area contributed by atoms with Crippen molar-refractivity contribution in [3.05, 3.63) is 24.0 Å². The molecule has 0 atom stereocenters. The van der Waals surface area contributed by atoms with Gasteiger partial charge in [-0.2, -0.15) is 0 Å². The Labute approximate surface area is 96.0 Å². The molecule has 1 aromatic rings. The topological polar surface area (TPSA) is 38.0 Å². The SMILES string of the molecule is CCC1(CNc2cccc(F)c2N)CCC1. The number of hydrogen-bond acceptors (Lipinski definition) is 2. The highest BCUT2D eigenvalue weighted by molar-refractivity contribution is 5.66. The third-order valence-corrected chi connectivity index (χ3v) is 3.87. The van der Waals surface area contributed by atoms with E-state index in [1.165, 1.54) is 31.7 Å². The number of para-hydroxylation sites is 1. The van der Waals surface area contributed by atoms with Crippen molar-refractivity contribution in [2.24, 2.45) is 5.41 Å². The summed E-state index contributed by atoms with van der Waals surface area (Å²) in [5.41, 5.74) is 7.04. The molecule has 0 aliphatic heterocycles. The lowest BCUT2D eigenvalue weighted by atomic mass is 9.67. The molecule has 1 saturated carbocycles. The molecule has 1 fully saturated rings. The van der Waals surface area contributed by atoms with Crippen LogP contribution in [0.5, 0.6) is 0 Å². The highest BCUT2D eigenvalue weighted by Crippen LogP contribution is 2.43. The highest BCUT2D eigenvalue weighted by atomic mass is 19.1. The van der Waals surface area contributed by atoms with E-state index in [1.807, 2.05) is 6.07 Å². The lowest BCUT2D eigenvalue weighted by Crippen LogP contribution is -2.36. The fraction of sp³-hybridized carbons (Fsp3) is 0.538. The summed E-state index contributed by atoms with van der Waals surface area (Å²) < 4.78 is 13.2. The molecule has 3 heteroatoms. The van der Waals surface area contributed by atoms with Gasteiger partial charge in [-0.1, -0.05) is 19.4 Å². The Bertz CT molecular complexity index is 367. The number of anilines is 2.